The number of nitrogens with zero attached hydrogens (tertiary/aromatic N) is 2. The van der Waals surface area contributed by atoms with Gasteiger partial charge < -0.3 is 15.2 Å². The van der Waals surface area contributed by atoms with E-state index < -0.39 is 5.97 Å². The molecular formula is C17H17N3O4. The molecule has 0 radical (unpaired) electrons. The average molecular weight is 327 g/mol. The van der Waals surface area contributed by atoms with Gasteiger partial charge in [0.15, 0.2) is 5.69 Å². The number of aromatic carboxylic acids is 1. The molecule has 1 aliphatic carbocycles. The molecule has 1 aromatic carbocycles. The number of nitrogens with one attached hydrogen (secondary N) is 1. The van der Waals surface area contributed by atoms with Crippen molar-refractivity contribution in [2.75, 3.05) is 7.11 Å². The number of carboxylic acid groups (broad SMARTS) is 1. The monoisotopic (exact) mass is 327 g/mol. The second kappa shape index (κ2) is 6.66. The van der Waals surface area contributed by atoms with E-state index in [9.17, 15) is 9.59 Å². The fourth-order valence-corrected chi connectivity index (χ4v) is 2.49. The fraction of sp³-hybridized carbons (Fsp3) is 0.294. The number of benzene rings is 1. The zero-order valence-electron chi connectivity index (χ0n) is 13.1. The maximum atomic E-state index is 12.4. The number of carboxylic acids is 1. The first kappa shape index (κ1) is 15.9. The summed E-state index contributed by atoms with van der Waals surface area (Å²) in [5, 5.41) is 11.8. The van der Waals surface area contributed by atoms with Crippen molar-refractivity contribution in [1.29, 1.82) is 0 Å². The summed E-state index contributed by atoms with van der Waals surface area (Å²) in [4.78, 5) is 30.8. The van der Waals surface area contributed by atoms with Crippen LogP contribution in [-0.2, 0) is 0 Å². The molecule has 3 rings (SSSR count). The van der Waals surface area contributed by atoms with E-state index in [1.165, 1.54) is 6.20 Å². The van der Waals surface area contributed by atoms with Crippen molar-refractivity contribution in [2.24, 2.45) is 5.92 Å². The highest BCUT2D eigenvalue weighted by Crippen LogP contribution is 2.41. The van der Waals surface area contributed by atoms with Crippen LogP contribution in [0.1, 0.15) is 45.4 Å². The molecule has 1 saturated carbocycles. The highest BCUT2D eigenvalue weighted by molar-refractivity contribution is 5.93. The topological polar surface area (TPSA) is 101 Å². The molecule has 7 heteroatoms. The van der Waals surface area contributed by atoms with E-state index in [0.29, 0.717) is 5.92 Å². The number of ether oxygens (including phenoxy) is 1. The van der Waals surface area contributed by atoms with Crippen LogP contribution in [0.15, 0.2) is 36.7 Å². The molecule has 0 saturated heterocycles. The number of methoxy groups -OCH3 is 1. The Morgan fingerprint density at radius 1 is 1.17 bits per heavy atom. The fourth-order valence-electron chi connectivity index (χ4n) is 2.49. The van der Waals surface area contributed by atoms with Gasteiger partial charge in [-0.05, 0) is 36.5 Å². The van der Waals surface area contributed by atoms with Gasteiger partial charge in [0.25, 0.3) is 5.91 Å². The Balaban J connectivity index is 1.75. The summed E-state index contributed by atoms with van der Waals surface area (Å²) in [6.07, 6.45) is 4.37. The lowest BCUT2D eigenvalue weighted by molar-refractivity contribution is 0.0689. The summed E-state index contributed by atoms with van der Waals surface area (Å²) in [6.45, 7) is 0. The van der Waals surface area contributed by atoms with Crippen LogP contribution in [0.5, 0.6) is 5.75 Å². The van der Waals surface area contributed by atoms with Crippen LogP contribution in [0.4, 0.5) is 0 Å². The van der Waals surface area contributed by atoms with Gasteiger partial charge in [0.1, 0.15) is 11.4 Å². The lowest BCUT2D eigenvalue weighted by Gasteiger charge is -2.19. The Hall–Kier alpha value is -2.96. The molecule has 0 aliphatic heterocycles. The van der Waals surface area contributed by atoms with Crippen molar-refractivity contribution < 1.29 is 19.4 Å². The minimum atomic E-state index is -1.18. The van der Waals surface area contributed by atoms with E-state index in [1.54, 1.807) is 7.11 Å². The van der Waals surface area contributed by atoms with Crippen LogP contribution in [0.2, 0.25) is 0 Å². The zero-order chi connectivity index (χ0) is 17.1. The van der Waals surface area contributed by atoms with Gasteiger partial charge in [0.05, 0.1) is 25.5 Å². The number of carbonyl (C=O) groups excluding carboxylic acids is 1. The van der Waals surface area contributed by atoms with Gasteiger partial charge in [-0.1, -0.05) is 12.1 Å². The minimum Gasteiger partial charge on any atom is -0.497 e. The Morgan fingerprint density at radius 2 is 1.79 bits per heavy atom. The molecule has 7 nitrogen and oxygen atoms in total. The summed E-state index contributed by atoms with van der Waals surface area (Å²) >= 11 is 0. The second-order valence-electron chi connectivity index (χ2n) is 5.65. The molecule has 1 aromatic heterocycles. The first-order valence-electron chi connectivity index (χ1n) is 7.58. The van der Waals surface area contributed by atoms with E-state index in [2.05, 4.69) is 15.3 Å². The van der Waals surface area contributed by atoms with Crippen molar-refractivity contribution in [1.82, 2.24) is 15.3 Å². The zero-order valence-corrected chi connectivity index (χ0v) is 13.1. The van der Waals surface area contributed by atoms with E-state index in [4.69, 9.17) is 9.84 Å². The van der Waals surface area contributed by atoms with Gasteiger partial charge >= 0.3 is 5.97 Å². The van der Waals surface area contributed by atoms with Gasteiger partial charge in [0.2, 0.25) is 0 Å². The molecule has 1 amide bonds. The number of amides is 1. The molecule has 0 bridgehead atoms. The van der Waals surface area contributed by atoms with E-state index in [-0.39, 0.29) is 23.3 Å². The smallest absolute Gasteiger partial charge is 0.356 e. The van der Waals surface area contributed by atoms with Crippen molar-refractivity contribution in [3.8, 4) is 5.75 Å². The number of aromatic nitrogens is 2. The SMILES string of the molecule is COc1ccc(C(NC(=O)c2cnc(C(=O)O)cn2)C2CC2)cc1. The summed E-state index contributed by atoms with van der Waals surface area (Å²) < 4.78 is 5.15. The average Bonchev–Trinajstić information content (AvgIpc) is 3.44. The third-order valence-electron chi connectivity index (χ3n) is 3.96. The maximum absolute atomic E-state index is 12.4. The predicted molar refractivity (Wildman–Crippen MR) is 84.9 cm³/mol. The van der Waals surface area contributed by atoms with E-state index in [0.717, 1.165) is 30.4 Å². The Kier molecular flexibility index (Phi) is 4.41. The Morgan fingerprint density at radius 3 is 2.29 bits per heavy atom. The largest absolute Gasteiger partial charge is 0.497 e. The van der Waals surface area contributed by atoms with Crippen LogP contribution in [0.3, 0.4) is 0 Å². The summed E-state index contributed by atoms with van der Waals surface area (Å²) in [5.74, 6) is -0.390. The molecule has 1 aliphatic rings. The third kappa shape index (κ3) is 3.51. The van der Waals surface area contributed by atoms with Gasteiger partial charge in [-0.25, -0.2) is 14.8 Å². The second-order valence-corrected chi connectivity index (χ2v) is 5.65. The number of hydrogen-bond acceptors (Lipinski definition) is 5. The minimum absolute atomic E-state index is 0.0964. The van der Waals surface area contributed by atoms with Crippen LogP contribution in [0.25, 0.3) is 0 Å². The molecule has 24 heavy (non-hydrogen) atoms. The van der Waals surface area contributed by atoms with Crippen LogP contribution in [0, 0.1) is 5.92 Å². The van der Waals surface area contributed by atoms with Crippen LogP contribution < -0.4 is 10.1 Å². The number of rotatable bonds is 6. The number of carbonyl (C=O) groups is 2. The molecule has 2 N–H and O–H groups in total. The molecule has 0 spiro atoms. The highest BCUT2D eigenvalue weighted by atomic mass is 16.5. The molecule has 1 atom stereocenters. The maximum Gasteiger partial charge on any atom is 0.356 e. The highest BCUT2D eigenvalue weighted by Gasteiger charge is 2.33. The normalized spacial score (nSPS) is 14.7. The first-order chi connectivity index (χ1) is 11.6. The van der Waals surface area contributed by atoms with Crippen LogP contribution >= 0.6 is 0 Å². The molecule has 2 aromatic rings. The van der Waals surface area contributed by atoms with Gasteiger partial charge in [-0.2, -0.15) is 0 Å². The van der Waals surface area contributed by atoms with Gasteiger partial charge in [-0.15, -0.1) is 0 Å². The summed E-state index contributed by atoms with van der Waals surface area (Å²) in [7, 11) is 1.61. The summed E-state index contributed by atoms with van der Waals surface area (Å²) in [5.41, 5.74) is 0.904. The van der Waals surface area contributed by atoms with Crippen molar-refractivity contribution >= 4 is 11.9 Å². The van der Waals surface area contributed by atoms with Crippen molar-refractivity contribution in [2.45, 2.75) is 18.9 Å². The summed E-state index contributed by atoms with van der Waals surface area (Å²) in [6, 6.07) is 7.48. The Bertz CT molecular complexity index is 739. The number of hydrogen-bond donors (Lipinski definition) is 2. The molecule has 1 unspecified atom stereocenters. The van der Waals surface area contributed by atoms with Crippen molar-refractivity contribution in [3.63, 3.8) is 0 Å². The standard InChI is InChI=1S/C17H17N3O4/c1-24-12-6-4-11(5-7-12)15(10-2-3-10)20-16(21)13-8-19-14(9-18-13)17(22)23/h4-10,15H,2-3H2,1H3,(H,20,21)(H,22,23). The molecule has 1 heterocycles. The lowest BCUT2D eigenvalue weighted by Crippen LogP contribution is -2.30. The van der Waals surface area contributed by atoms with Gasteiger partial charge in [0, 0.05) is 0 Å². The molecule has 124 valence electrons. The lowest BCUT2D eigenvalue weighted by atomic mass is 10.0. The van der Waals surface area contributed by atoms with Crippen molar-refractivity contribution in [3.05, 3.63) is 53.6 Å². The Labute approximate surface area is 138 Å². The quantitative estimate of drug-likeness (QED) is 0.842. The van der Waals surface area contributed by atoms with E-state index in [1.807, 2.05) is 24.3 Å². The third-order valence-corrected chi connectivity index (χ3v) is 3.96. The predicted octanol–water partition coefficient (Wildman–Crippen LogP) is 2.06. The van der Waals surface area contributed by atoms with E-state index >= 15 is 0 Å². The van der Waals surface area contributed by atoms with Crippen LogP contribution in [-0.4, -0.2) is 34.1 Å². The van der Waals surface area contributed by atoms with Gasteiger partial charge in [-0.3, -0.25) is 4.79 Å². The molecule has 1 fully saturated rings. The first-order valence-corrected chi connectivity index (χ1v) is 7.58. The molecular weight excluding hydrogens is 310 g/mol.